The van der Waals surface area contributed by atoms with Gasteiger partial charge in [0, 0.05) is 6.61 Å². The minimum Gasteiger partial charge on any atom is -0.379 e. The fourth-order valence-electron chi connectivity index (χ4n) is 3.12. The molecule has 0 aliphatic heterocycles. The number of hydrogen-bond donors (Lipinski definition) is 0. The van der Waals surface area contributed by atoms with Crippen molar-refractivity contribution < 1.29 is 4.74 Å². The Labute approximate surface area is 102 Å². The van der Waals surface area contributed by atoms with Gasteiger partial charge in [-0.15, -0.1) is 0 Å². The number of rotatable bonds is 6. The molecule has 0 atom stereocenters. The van der Waals surface area contributed by atoms with Gasteiger partial charge in [0.15, 0.2) is 0 Å². The van der Waals surface area contributed by atoms with Crippen molar-refractivity contribution in [2.75, 3.05) is 6.61 Å². The van der Waals surface area contributed by atoms with E-state index in [0.717, 1.165) is 12.5 Å². The normalized spacial score (nSPS) is 20.6. The molecule has 96 valence electrons. The Bertz CT molecular complexity index is 178. The van der Waals surface area contributed by atoms with Crippen LogP contribution >= 0.6 is 0 Å². The molecular weight excluding hydrogens is 196 g/mol. The van der Waals surface area contributed by atoms with Crippen LogP contribution in [0.1, 0.15) is 72.6 Å². The molecule has 1 aliphatic rings. The maximum atomic E-state index is 5.66. The first-order valence-electron chi connectivity index (χ1n) is 7.18. The maximum absolute atomic E-state index is 5.66. The first-order valence-corrected chi connectivity index (χ1v) is 7.18. The molecule has 1 rings (SSSR count). The van der Waals surface area contributed by atoms with Gasteiger partial charge in [-0.1, -0.05) is 33.1 Å². The van der Waals surface area contributed by atoms with E-state index in [4.69, 9.17) is 4.74 Å². The van der Waals surface area contributed by atoms with Crippen LogP contribution in [0.25, 0.3) is 0 Å². The van der Waals surface area contributed by atoms with Crippen LogP contribution in [0.15, 0.2) is 0 Å². The van der Waals surface area contributed by atoms with Crippen LogP contribution in [-0.4, -0.2) is 12.7 Å². The lowest BCUT2D eigenvalue weighted by Crippen LogP contribution is -2.30. The molecule has 0 bridgehead atoms. The molecule has 1 fully saturated rings. The molecule has 0 aromatic carbocycles. The summed E-state index contributed by atoms with van der Waals surface area (Å²) in [7, 11) is 0. The van der Waals surface area contributed by atoms with Crippen LogP contribution in [0.4, 0.5) is 0 Å². The van der Waals surface area contributed by atoms with Gasteiger partial charge in [0.05, 0.1) is 6.10 Å². The van der Waals surface area contributed by atoms with Crippen LogP contribution in [0.5, 0.6) is 0 Å². The predicted octanol–water partition coefficient (Wildman–Crippen LogP) is 4.80. The van der Waals surface area contributed by atoms with Gasteiger partial charge in [-0.3, -0.25) is 0 Å². The van der Waals surface area contributed by atoms with E-state index in [2.05, 4.69) is 27.7 Å². The van der Waals surface area contributed by atoms with Crippen molar-refractivity contribution in [1.29, 1.82) is 0 Å². The highest BCUT2D eigenvalue weighted by molar-refractivity contribution is 4.85. The van der Waals surface area contributed by atoms with E-state index in [1.807, 2.05) is 0 Å². The Kier molecular flexibility index (Phi) is 5.82. The van der Waals surface area contributed by atoms with Crippen LogP contribution in [0.3, 0.4) is 0 Å². The quantitative estimate of drug-likeness (QED) is 0.591. The molecule has 16 heavy (non-hydrogen) atoms. The summed E-state index contributed by atoms with van der Waals surface area (Å²) in [5.74, 6) is 0.840. The summed E-state index contributed by atoms with van der Waals surface area (Å²) in [6.07, 6.45) is 10.3. The summed E-state index contributed by atoms with van der Waals surface area (Å²) in [4.78, 5) is 0. The summed E-state index contributed by atoms with van der Waals surface area (Å²) < 4.78 is 5.66. The van der Waals surface area contributed by atoms with Gasteiger partial charge in [0.1, 0.15) is 0 Å². The molecule has 1 heteroatoms. The maximum Gasteiger partial charge on any atom is 0.0518 e. The zero-order valence-corrected chi connectivity index (χ0v) is 11.7. The number of ether oxygens (including phenoxy) is 1. The zero-order valence-electron chi connectivity index (χ0n) is 11.7. The second-order valence-corrected chi connectivity index (χ2v) is 6.10. The molecule has 0 heterocycles. The topological polar surface area (TPSA) is 9.23 Å². The van der Waals surface area contributed by atoms with E-state index in [1.165, 1.54) is 44.9 Å². The van der Waals surface area contributed by atoms with Crippen molar-refractivity contribution in [2.24, 2.45) is 11.3 Å². The average Bonchev–Trinajstić information content (AvgIpc) is 2.25. The molecule has 1 nitrogen and oxygen atoms in total. The van der Waals surface area contributed by atoms with Crippen LogP contribution in [0.2, 0.25) is 0 Å². The Hall–Kier alpha value is -0.0400. The monoisotopic (exact) mass is 226 g/mol. The van der Waals surface area contributed by atoms with Crippen LogP contribution in [-0.2, 0) is 4.74 Å². The molecule has 0 saturated heterocycles. The third-order valence-electron chi connectivity index (χ3n) is 4.34. The molecule has 0 aromatic heterocycles. The van der Waals surface area contributed by atoms with E-state index in [-0.39, 0.29) is 0 Å². The summed E-state index contributed by atoms with van der Waals surface area (Å²) >= 11 is 0. The van der Waals surface area contributed by atoms with Gasteiger partial charge in [-0.05, 0) is 50.9 Å². The average molecular weight is 226 g/mol. The van der Waals surface area contributed by atoms with E-state index < -0.39 is 0 Å². The van der Waals surface area contributed by atoms with Crippen molar-refractivity contribution in [1.82, 2.24) is 0 Å². The van der Waals surface area contributed by atoms with E-state index >= 15 is 0 Å². The minimum absolute atomic E-state index is 0.390. The highest BCUT2D eigenvalue weighted by atomic mass is 16.5. The molecule has 0 N–H and O–H groups in total. The van der Waals surface area contributed by atoms with E-state index in [9.17, 15) is 0 Å². The Morgan fingerprint density at radius 1 is 1.00 bits per heavy atom. The van der Waals surface area contributed by atoms with Gasteiger partial charge in [0.2, 0.25) is 0 Å². The Morgan fingerprint density at radius 2 is 1.62 bits per heavy atom. The molecular formula is C15H30O. The van der Waals surface area contributed by atoms with Crippen molar-refractivity contribution >= 4 is 0 Å². The van der Waals surface area contributed by atoms with E-state index in [0.29, 0.717) is 11.5 Å². The van der Waals surface area contributed by atoms with E-state index in [1.54, 1.807) is 0 Å². The summed E-state index contributed by atoms with van der Waals surface area (Å²) in [6.45, 7) is 10.0. The third-order valence-corrected chi connectivity index (χ3v) is 4.34. The lowest BCUT2D eigenvalue weighted by atomic mass is 9.64. The molecule has 0 unspecified atom stereocenters. The third kappa shape index (κ3) is 4.08. The lowest BCUT2D eigenvalue weighted by molar-refractivity contribution is 0.0489. The summed E-state index contributed by atoms with van der Waals surface area (Å²) in [6, 6.07) is 0. The molecule has 0 aromatic rings. The Balaban J connectivity index is 2.33. The standard InChI is InChI=1S/C15H30O/c1-13(2)15(9-6-5-7-10-15)11-8-12-16-14(3)4/h13-14H,5-12H2,1-4H3. The smallest absolute Gasteiger partial charge is 0.0518 e. The molecule has 1 saturated carbocycles. The fourth-order valence-corrected chi connectivity index (χ4v) is 3.12. The molecule has 0 radical (unpaired) electrons. The summed E-state index contributed by atoms with van der Waals surface area (Å²) in [5, 5.41) is 0. The fraction of sp³-hybridized carbons (Fsp3) is 1.00. The van der Waals surface area contributed by atoms with Gasteiger partial charge in [0.25, 0.3) is 0 Å². The molecule has 0 spiro atoms. The van der Waals surface area contributed by atoms with Crippen molar-refractivity contribution in [3.63, 3.8) is 0 Å². The summed E-state index contributed by atoms with van der Waals surface area (Å²) in [5.41, 5.74) is 0.637. The Morgan fingerprint density at radius 3 is 2.12 bits per heavy atom. The molecule has 1 aliphatic carbocycles. The minimum atomic E-state index is 0.390. The zero-order chi connectivity index (χ0) is 12.0. The first kappa shape index (κ1) is 14.0. The van der Waals surface area contributed by atoms with Gasteiger partial charge in [-0.25, -0.2) is 0 Å². The number of hydrogen-bond acceptors (Lipinski definition) is 1. The highest BCUT2D eigenvalue weighted by Crippen LogP contribution is 2.45. The van der Waals surface area contributed by atoms with Crippen molar-refractivity contribution in [3.05, 3.63) is 0 Å². The second kappa shape index (κ2) is 6.64. The van der Waals surface area contributed by atoms with Crippen molar-refractivity contribution in [2.45, 2.75) is 78.7 Å². The van der Waals surface area contributed by atoms with Gasteiger partial charge < -0.3 is 4.74 Å². The van der Waals surface area contributed by atoms with Crippen LogP contribution in [0, 0.1) is 11.3 Å². The van der Waals surface area contributed by atoms with Crippen molar-refractivity contribution in [3.8, 4) is 0 Å². The predicted molar refractivity (Wildman–Crippen MR) is 70.7 cm³/mol. The second-order valence-electron chi connectivity index (χ2n) is 6.10. The largest absolute Gasteiger partial charge is 0.379 e. The first-order chi connectivity index (χ1) is 7.57. The molecule has 0 amide bonds. The van der Waals surface area contributed by atoms with Crippen LogP contribution < -0.4 is 0 Å². The SMILES string of the molecule is CC(C)OCCCC1(C(C)C)CCCCC1. The van der Waals surface area contributed by atoms with Gasteiger partial charge in [-0.2, -0.15) is 0 Å². The van der Waals surface area contributed by atoms with Gasteiger partial charge >= 0.3 is 0 Å². The lowest BCUT2D eigenvalue weighted by Gasteiger charge is -2.41. The highest BCUT2D eigenvalue weighted by Gasteiger charge is 2.34.